The van der Waals surface area contributed by atoms with Crippen molar-refractivity contribution in [2.75, 3.05) is 6.54 Å². The Kier molecular flexibility index (Phi) is 2.09. The van der Waals surface area contributed by atoms with E-state index >= 15 is 0 Å². The molecule has 2 heteroatoms. The van der Waals surface area contributed by atoms with Gasteiger partial charge in [0.25, 0.3) is 0 Å². The molecule has 0 aromatic carbocycles. The lowest BCUT2D eigenvalue weighted by molar-refractivity contribution is -0.122. The number of hydrogen-bond donors (Lipinski definition) is 1. The summed E-state index contributed by atoms with van der Waals surface area (Å²) in [7, 11) is 0. The predicted molar refractivity (Wildman–Crippen MR) is 40.6 cm³/mol. The van der Waals surface area contributed by atoms with Crippen LogP contribution in [0.2, 0.25) is 0 Å². The lowest BCUT2D eigenvalue weighted by Gasteiger charge is -2.31. The van der Waals surface area contributed by atoms with Crippen LogP contribution in [0.3, 0.4) is 0 Å². The Morgan fingerprint density at radius 1 is 1.50 bits per heavy atom. The zero-order chi connectivity index (χ0) is 7.61. The van der Waals surface area contributed by atoms with E-state index in [9.17, 15) is 4.79 Å². The zero-order valence-corrected chi connectivity index (χ0v) is 6.52. The molecular formula is C8H15NO. The van der Waals surface area contributed by atoms with Gasteiger partial charge in [0, 0.05) is 12.8 Å². The molecule has 0 saturated heterocycles. The maximum atomic E-state index is 10.8. The Bertz CT molecular complexity index is 132. The van der Waals surface area contributed by atoms with Crippen LogP contribution >= 0.6 is 0 Å². The predicted octanol–water partition coefficient (Wildman–Crippen LogP) is 1.09. The van der Waals surface area contributed by atoms with Gasteiger partial charge in [-0.2, -0.15) is 0 Å². The van der Waals surface area contributed by atoms with Crippen LogP contribution in [0, 0.1) is 5.41 Å². The minimum absolute atomic E-state index is 0.258. The van der Waals surface area contributed by atoms with E-state index in [0.717, 1.165) is 32.2 Å². The first-order valence-electron chi connectivity index (χ1n) is 3.88. The Morgan fingerprint density at radius 2 is 2.00 bits per heavy atom. The lowest BCUT2D eigenvalue weighted by atomic mass is 9.75. The molecule has 58 valence electrons. The van der Waals surface area contributed by atoms with Crippen molar-refractivity contribution < 1.29 is 4.79 Å². The van der Waals surface area contributed by atoms with Crippen LogP contribution in [0.5, 0.6) is 0 Å². The molecule has 0 aromatic rings. The Hall–Kier alpha value is -0.370. The van der Waals surface area contributed by atoms with Crippen molar-refractivity contribution in [1.29, 1.82) is 0 Å². The van der Waals surface area contributed by atoms with Gasteiger partial charge in [0.15, 0.2) is 0 Å². The van der Waals surface area contributed by atoms with Crippen molar-refractivity contribution in [2.45, 2.75) is 32.6 Å². The molecule has 1 fully saturated rings. The Labute approximate surface area is 61.8 Å². The van der Waals surface area contributed by atoms with Crippen LogP contribution in [0.15, 0.2) is 0 Å². The third-order valence-corrected chi connectivity index (χ3v) is 2.51. The Morgan fingerprint density at radius 3 is 2.40 bits per heavy atom. The van der Waals surface area contributed by atoms with Gasteiger partial charge >= 0.3 is 0 Å². The van der Waals surface area contributed by atoms with Crippen LogP contribution in [-0.4, -0.2) is 12.3 Å². The third-order valence-electron chi connectivity index (χ3n) is 2.51. The molecule has 1 saturated carbocycles. The van der Waals surface area contributed by atoms with E-state index in [4.69, 9.17) is 5.73 Å². The molecule has 0 spiro atoms. The average molecular weight is 141 g/mol. The standard InChI is InChI=1S/C8H15NO/c1-8(6-9)4-2-7(10)3-5-8/h2-6,9H2,1H3. The summed E-state index contributed by atoms with van der Waals surface area (Å²) in [6, 6.07) is 0. The summed E-state index contributed by atoms with van der Waals surface area (Å²) in [5.74, 6) is 0.408. The number of ketones is 1. The molecule has 1 rings (SSSR count). The monoisotopic (exact) mass is 141 g/mol. The number of carbonyl (C=O) groups excluding carboxylic acids is 1. The molecule has 2 N–H and O–H groups in total. The van der Waals surface area contributed by atoms with Gasteiger partial charge in [-0.3, -0.25) is 4.79 Å². The smallest absolute Gasteiger partial charge is 0.132 e. The van der Waals surface area contributed by atoms with Crippen LogP contribution < -0.4 is 5.73 Å². The van der Waals surface area contributed by atoms with Crippen molar-refractivity contribution in [3.8, 4) is 0 Å². The summed E-state index contributed by atoms with van der Waals surface area (Å²) >= 11 is 0. The van der Waals surface area contributed by atoms with E-state index in [1.165, 1.54) is 0 Å². The fourth-order valence-corrected chi connectivity index (χ4v) is 1.34. The maximum absolute atomic E-state index is 10.8. The van der Waals surface area contributed by atoms with Gasteiger partial charge < -0.3 is 5.73 Å². The molecule has 0 aromatic heterocycles. The van der Waals surface area contributed by atoms with Gasteiger partial charge in [-0.25, -0.2) is 0 Å². The van der Waals surface area contributed by atoms with Gasteiger partial charge in [-0.1, -0.05) is 6.92 Å². The van der Waals surface area contributed by atoms with Crippen molar-refractivity contribution in [1.82, 2.24) is 0 Å². The van der Waals surface area contributed by atoms with E-state index in [1.54, 1.807) is 0 Å². The van der Waals surface area contributed by atoms with Crippen molar-refractivity contribution in [3.63, 3.8) is 0 Å². The summed E-state index contributed by atoms with van der Waals surface area (Å²) in [5.41, 5.74) is 5.83. The van der Waals surface area contributed by atoms with E-state index < -0.39 is 0 Å². The van der Waals surface area contributed by atoms with E-state index in [-0.39, 0.29) is 5.41 Å². The molecule has 0 heterocycles. The number of carbonyl (C=O) groups is 1. The molecular weight excluding hydrogens is 126 g/mol. The fraction of sp³-hybridized carbons (Fsp3) is 0.875. The van der Waals surface area contributed by atoms with Crippen LogP contribution in [-0.2, 0) is 4.79 Å². The van der Waals surface area contributed by atoms with E-state index in [1.807, 2.05) is 0 Å². The van der Waals surface area contributed by atoms with Gasteiger partial charge in [0.05, 0.1) is 0 Å². The van der Waals surface area contributed by atoms with Gasteiger partial charge in [-0.05, 0) is 24.8 Å². The molecule has 0 amide bonds. The second kappa shape index (κ2) is 2.70. The first-order valence-corrected chi connectivity index (χ1v) is 3.88. The summed E-state index contributed by atoms with van der Waals surface area (Å²) in [4.78, 5) is 10.8. The summed E-state index contributed by atoms with van der Waals surface area (Å²) < 4.78 is 0. The molecule has 0 radical (unpaired) electrons. The van der Waals surface area contributed by atoms with Crippen LogP contribution in [0.25, 0.3) is 0 Å². The van der Waals surface area contributed by atoms with Gasteiger partial charge in [0.1, 0.15) is 5.78 Å². The number of Topliss-reactive ketones (excluding diaryl/α,β-unsaturated/α-hetero) is 1. The molecule has 2 nitrogen and oxygen atoms in total. The second-order valence-corrected chi connectivity index (χ2v) is 3.55. The summed E-state index contributed by atoms with van der Waals surface area (Å²) in [6.07, 6.45) is 3.46. The lowest BCUT2D eigenvalue weighted by Crippen LogP contribution is -2.31. The molecule has 0 aliphatic heterocycles. The van der Waals surface area contributed by atoms with E-state index in [0.29, 0.717) is 5.78 Å². The number of rotatable bonds is 1. The average Bonchev–Trinajstić information content (AvgIpc) is 1.96. The highest BCUT2D eigenvalue weighted by Gasteiger charge is 2.28. The van der Waals surface area contributed by atoms with E-state index in [2.05, 4.69) is 6.92 Å². The fourth-order valence-electron chi connectivity index (χ4n) is 1.34. The van der Waals surface area contributed by atoms with Crippen molar-refractivity contribution in [3.05, 3.63) is 0 Å². The highest BCUT2D eigenvalue weighted by molar-refractivity contribution is 5.79. The zero-order valence-electron chi connectivity index (χ0n) is 6.52. The van der Waals surface area contributed by atoms with Crippen LogP contribution in [0.4, 0.5) is 0 Å². The largest absolute Gasteiger partial charge is 0.330 e. The normalized spacial score (nSPS) is 24.8. The summed E-state index contributed by atoms with van der Waals surface area (Å²) in [6.45, 7) is 2.89. The topological polar surface area (TPSA) is 43.1 Å². The van der Waals surface area contributed by atoms with Crippen LogP contribution in [0.1, 0.15) is 32.6 Å². The molecule has 1 aliphatic carbocycles. The highest BCUT2D eigenvalue weighted by atomic mass is 16.1. The van der Waals surface area contributed by atoms with Gasteiger partial charge in [0.2, 0.25) is 0 Å². The minimum atomic E-state index is 0.258. The highest BCUT2D eigenvalue weighted by Crippen LogP contribution is 2.32. The summed E-state index contributed by atoms with van der Waals surface area (Å²) in [5, 5.41) is 0. The first kappa shape index (κ1) is 7.73. The molecule has 0 unspecified atom stereocenters. The quantitative estimate of drug-likeness (QED) is 0.594. The Balaban J connectivity index is 2.46. The number of hydrogen-bond acceptors (Lipinski definition) is 2. The molecule has 1 aliphatic rings. The molecule has 0 bridgehead atoms. The van der Waals surface area contributed by atoms with Crippen molar-refractivity contribution >= 4 is 5.78 Å². The van der Waals surface area contributed by atoms with Crippen molar-refractivity contribution in [2.24, 2.45) is 11.1 Å². The SMILES string of the molecule is CC1(CN)CCC(=O)CC1. The molecule has 10 heavy (non-hydrogen) atoms. The number of nitrogens with two attached hydrogens (primary N) is 1. The minimum Gasteiger partial charge on any atom is -0.330 e. The first-order chi connectivity index (χ1) is 4.66. The van der Waals surface area contributed by atoms with Gasteiger partial charge in [-0.15, -0.1) is 0 Å². The molecule has 0 atom stereocenters. The maximum Gasteiger partial charge on any atom is 0.132 e. The second-order valence-electron chi connectivity index (χ2n) is 3.55. The third kappa shape index (κ3) is 1.57.